The number of amides is 1. The molecule has 0 saturated heterocycles. The molecule has 0 spiro atoms. The van der Waals surface area contributed by atoms with Crippen molar-refractivity contribution in [2.24, 2.45) is 0 Å². The monoisotopic (exact) mass is 286 g/mol. The van der Waals surface area contributed by atoms with E-state index in [4.69, 9.17) is 4.74 Å². The summed E-state index contributed by atoms with van der Waals surface area (Å²) in [4.78, 5) is 16.1. The number of carbonyl (C=O) groups excluding carboxylic acids is 1. The first kappa shape index (κ1) is 13.5. The Kier molecular flexibility index (Phi) is 4.04. The number of imidazole rings is 1. The molecule has 21 heavy (non-hydrogen) atoms. The lowest BCUT2D eigenvalue weighted by Gasteiger charge is -2.26. The van der Waals surface area contributed by atoms with Gasteiger partial charge in [0.25, 0.3) is 5.91 Å². The molecule has 110 valence electrons. The second-order valence-corrected chi connectivity index (χ2v) is 4.93. The van der Waals surface area contributed by atoms with E-state index < -0.39 is 6.10 Å². The average molecular weight is 286 g/mol. The van der Waals surface area contributed by atoms with Crippen LogP contribution in [0.3, 0.4) is 0 Å². The van der Waals surface area contributed by atoms with Crippen LogP contribution in [0.4, 0.5) is 5.69 Å². The van der Waals surface area contributed by atoms with Gasteiger partial charge in [0.1, 0.15) is 5.75 Å². The fourth-order valence-electron chi connectivity index (χ4n) is 2.27. The number of fused-ring (bicyclic) bond motifs is 1. The number of aromatic nitrogens is 2. The fourth-order valence-corrected chi connectivity index (χ4v) is 2.27. The standard InChI is InChI=1S/C15H18N4O2/c20-15(17-6-3-8-19-9-7-16-11-19)14-10-18-12-4-1-2-5-13(12)21-14/h1-2,4-5,7,9,11,14,18H,3,6,8,10H2,(H,17,20). The van der Waals surface area contributed by atoms with Gasteiger partial charge in [-0.1, -0.05) is 12.1 Å². The van der Waals surface area contributed by atoms with Crippen LogP contribution < -0.4 is 15.4 Å². The Morgan fingerprint density at radius 1 is 1.48 bits per heavy atom. The third-order valence-corrected chi connectivity index (χ3v) is 3.38. The molecule has 6 nitrogen and oxygen atoms in total. The fraction of sp³-hybridized carbons (Fsp3) is 0.333. The van der Waals surface area contributed by atoms with E-state index in [0.29, 0.717) is 13.1 Å². The number of nitrogens with zero attached hydrogens (tertiary/aromatic N) is 2. The van der Waals surface area contributed by atoms with Crippen LogP contribution in [-0.4, -0.2) is 34.7 Å². The summed E-state index contributed by atoms with van der Waals surface area (Å²) in [5, 5.41) is 6.12. The summed E-state index contributed by atoms with van der Waals surface area (Å²) in [5.74, 6) is 0.643. The molecule has 1 aromatic carbocycles. The summed E-state index contributed by atoms with van der Waals surface area (Å²) in [6.07, 6.45) is 5.81. The Morgan fingerprint density at radius 3 is 3.24 bits per heavy atom. The van der Waals surface area contributed by atoms with Crippen LogP contribution in [0.25, 0.3) is 0 Å². The summed E-state index contributed by atoms with van der Waals surface area (Å²) in [5.41, 5.74) is 0.932. The van der Waals surface area contributed by atoms with E-state index in [1.807, 2.05) is 35.0 Å². The molecule has 2 aromatic rings. The smallest absolute Gasteiger partial charge is 0.262 e. The zero-order chi connectivity index (χ0) is 14.5. The van der Waals surface area contributed by atoms with Gasteiger partial charge in [0.2, 0.25) is 0 Å². The number of rotatable bonds is 5. The summed E-state index contributed by atoms with van der Waals surface area (Å²) >= 11 is 0. The number of anilines is 1. The Bertz CT molecular complexity index is 597. The van der Waals surface area contributed by atoms with E-state index in [1.165, 1.54) is 0 Å². The van der Waals surface area contributed by atoms with E-state index in [9.17, 15) is 4.79 Å². The van der Waals surface area contributed by atoms with Crippen LogP contribution >= 0.6 is 0 Å². The van der Waals surface area contributed by atoms with Gasteiger partial charge in [-0.15, -0.1) is 0 Å². The minimum atomic E-state index is -0.479. The van der Waals surface area contributed by atoms with Crippen molar-refractivity contribution in [3.63, 3.8) is 0 Å². The quantitative estimate of drug-likeness (QED) is 0.812. The van der Waals surface area contributed by atoms with E-state index >= 15 is 0 Å². The average Bonchev–Trinajstić information content (AvgIpc) is 3.04. The minimum Gasteiger partial charge on any atom is -0.477 e. The van der Waals surface area contributed by atoms with Gasteiger partial charge in [-0.2, -0.15) is 0 Å². The highest BCUT2D eigenvalue weighted by molar-refractivity contribution is 5.83. The van der Waals surface area contributed by atoms with Gasteiger partial charge in [0.05, 0.1) is 18.6 Å². The van der Waals surface area contributed by atoms with E-state index in [2.05, 4.69) is 15.6 Å². The Morgan fingerprint density at radius 2 is 2.38 bits per heavy atom. The zero-order valence-corrected chi connectivity index (χ0v) is 11.7. The van der Waals surface area contributed by atoms with E-state index in [-0.39, 0.29) is 5.91 Å². The van der Waals surface area contributed by atoms with Gasteiger partial charge in [-0.25, -0.2) is 4.98 Å². The normalized spacial score (nSPS) is 16.5. The van der Waals surface area contributed by atoms with Gasteiger partial charge in [-0.05, 0) is 18.6 Å². The number of nitrogens with one attached hydrogen (secondary N) is 2. The SMILES string of the molecule is O=C(NCCCn1ccnc1)C1CNc2ccccc2O1. The Labute approximate surface area is 123 Å². The molecule has 1 aromatic heterocycles. The molecule has 0 saturated carbocycles. The number of carbonyl (C=O) groups is 1. The maximum Gasteiger partial charge on any atom is 0.262 e. The van der Waals surface area contributed by atoms with E-state index in [0.717, 1.165) is 24.4 Å². The first-order valence-corrected chi connectivity index (χ1v) is 7.06. The summed E-state index contributed by atoms with van der Waals surface area (Å²) in [6, 6.07) is 7.63. The predicted octanol–water partition coefficient (Wildman–Crippen LogP) is 1.26. The van der Waals surface area contributed by atoms with Crippen molar-refractivity contribution in [2.75, 3.05) is 18.4 Å². The molecule has 1 unspecified atom stereocenters. The van der Waals surface area contributed by atoms with Crippen molar-refractivity contribution in [3.8, 4) is 5.75 Å². The number of hydrogen-bond acceptors (Lipinski definition) is 4. The molecule has 6 heteroatoms. The molecule has 0 radical (unpaired) electrons. The van der Waals surface area contributed by atoms with Crippen LogP contribution in [0.2, 0.25) is 0 Å². The molecular weight excluding hydrogens is 268 g/mol. The van der Waals surface area contributed by atoms with Gasteiger partial charge in [-0.3, -0.25) is 4.79 Å². The third-order valence-electron chi connectivity index (χ3n) is 3.38. The number of hydrogen-bond donors (Lipinski definition) is 2. The number of ether oxygens (including phenoxy) is 1. The molecule has 1 aliphatic rings. The molecule has 0 aliphatic carbocycles. The summed E-state index contributed by atoms with van der Waals surface area (Å²) in [7, 11) is 0. The second kappa shape index (κ2) is 6.30. The maximum atomic E-state index is 12.1. The molecule has 1 aliphatic heterocycles. The third kappa shape index (κ3) is 3.34. The highest BCUT2D eigenvalue weighted by Gasteiger charge is 2.25. The molecule has 2 N–H and O–H groups in total. The minimum absolute atomic E-state index is 0.0809. The van der Waals surface area contributed by atoms with E-state index in [1.54, 1.807) is 12.5 Å². The van der Waals surface area contributed by atoms with Crippen molar-refractivity contribution in [2.45, 2.75) is 19.1 Å². The molecule has 0 fully saturated rings. The number of aryl methyl sites for hydroxylation is 1. The van der Waals surface area contributed by atoms with Crippen molar-refractivity contribution in [1.82, 2.24) is 14.9 Å². The summed E-state index contributed by atoms with van der Waals surface area (Å²) in [6.45, 7) is 1.95. The first-order chi connectivity index (χ1) is 10.3. The highest BCUT2D eigenvalue weighted by atomic mass is 16.5. The largest absolute Gasteiger partial charge is 0.477 e. The predicted molar refractivity (Wildman–Crippen MR) is 79.2 cm³/mol. The highest BCUT2D eigenvalue weighted by Crippen LogP contribution is 2.28. The lowest BCUT2D eigenvalue weighted by atomic mass is 10.2. The maximum absolute atomic E-state index is 12.1. The van der Waals surface area contributed by atoms with Crippen LogP contribution in [0.1, 0.15) is 6.42 Å². The van der Waals surface area contributed by atoms with Gasteiger partial charge >= 0.3 is 0 Å². The van der Waals surface area contributed by atoms with Crippen molar-refractivity contribution in [1.29, 1.82) is 0 Å². The van der Waals surface area contributed by atoms with Crippen molar-refractivity contribution in [3.05, 3.63) is 43.0 Å². The van der Waals surface area contributed by atoms with Gasteiger partial charge in [0, 0.05) is 25.5 Å². The molecular formula is C15H18N4O2. The number of benzene rings is 1. The number of para-hydroxylation sites is 2. The molecule has 1 atom stereocenters. The summed E-state index contributed by atoms with van der Waals surface area (Å²) < 4.78 is 7.69. The Balaban J connectivity index is 1.44. The van der Waals surface area contributed by atoms with Gasteiger partial charge < -0.3 is 19.9 Å². The molecule has 2 heterocycles. The van der Waals surface area contributed by atoms with Crippen molar-refractivity contribution < 1.29 is 9.53 Å². The lowest BCUT2D eigenvalue weighted by Crippen LogP contribution is -2.45. The zero-order valence-electron chi connectivity index (χ0n) is 11.7. The Hall–Kier alpha value is -2.50. The molecule has 3 rings (SSSR count). The van der Waals surface area contributed by atoms with Gasteiger partial charge in [0.15, 0.2) is 6.10 Å². The topological polar surface area (TPSA) is 68.2 Å². The second-order valence-electron chi connectivity index (χ2n) is 4.93. The molecule has 0 bridgehead atoms. The van der Waals surface area contributed by atoms with Crippen LogP contribution in [0, 0.1) is 0 Å². The first-order valence-electron chi connectivity index (χ1n) is 7.06. The molecule has 1 amide bonds. The van der Waals surface area contributed by atoms with Crippen LogP contribution in [0.15, 0.2) is 43.0 Å². The lowest BCUT2D eigenvalue weighted by molar-refractivity contribution is -0.127. The van der Waals surface area contributed by atoms with Crippen molar-refractivity contribution >= 4 is 11.6 Å². The van der Waals surface area contributed by atoms with Crippen LogP contribution in [0.5, 0.6) is 5.75 Å². The van der Waals surface area contributed by atoms with Crippen LogP contribution in [-0.2, 0) is 11.3 Å².